The van der Waals surface area contributed by atoms with Gasteiger partial charge in [-0.05, 0) is 24.6 Å². The highest BCUT2D eigenvalue weighted by atomic mass is 32.2. The number of halogens is 1. The first-order valence-corrected chi connectivity index (χ1v) is 6.36. The highest BCUT2D eigenvalue weighted by Gasteiger charge is 2.08. The Morgan fingerprint density at radius 3 is 2.94 bits per heavy atom. The second kappa shape index (κ2) is 6.61. The van der Waals surface area contributed by atoms with Crippen molar-refractivity contribution < 1.29 is 14.3 Å². The van der Waals surface area contributed by atoms with Crippen LogP contribution in [0.3, 0.4) is 0 Å². The summed E-state index contributed by atoms with van der Waals surface area (Å²) in [4.78, 5) is 11.6. The number of anilines is 1. The van der Waals surface area contributed by atoms with E-state index in [1.807, 2.05) is 6.92 Å². The van der Waals surface area contributed by atoms with Gasteiger partial charge in [0.25, 0.3) is 0 Å². The van der Waals surface area contributed by atoms with Gasteiger partial charge in [-0.15, -0.1) is 11.8 Å². The van der Waals surface area contributed by atoms with E-state index in [1.54, 1.807) is 13.0 Å². The molecule has 0 aliphatic carbocycles. The number of aryl methyl sites for hydroxylation is 1. The van der Waals surface area contributed by atoms with Gasteiger partial charge >= 0.3 is 0 Å². The number of carbonyl (C=O) groups excluding carboxylic acids is 1. The van der Waals surface area contributed by atoms with Crippen molar-refractivity contribution in [3.8, 4) is 0 Å². The molecule has 1 aromatic rings. The molecule has 0 aromatic heterocycles. The van der Waals surface area contributed by atoms with Crippen LogP contribution in [-0.2, 0) is 4.79 Å². The molecule has 5 heteroatoms. The molecule has 17 heavy (non-hydrogen) atoms. The SMILES string of the molecule is Cc1ccc(F)cc1NC(=O)CSC(C)CO. The van der Waals surface area contributed by atoms with Crippen molar-refractivity contribution in [1.82, 2.24) is 0 Å². The Morgan fingerprint density at radius 2 is 2.29 bits per heavy atom. The van der Waals surface area contributed by atoms with E-state index in [0.29, 0.717) is 5.69 Å². The second-order valence-electron chi connectivity index (χ2n) is 3.81. The van der Waals surface area contributed by atoms with Gasteiger partial charge in [0.15, 0.2) is 0 Å². The number of thioether (sulfide) groups is 1. The van der Waals surface area contributed by atoms with Crippen molar-refractivity contribution >= 4 is 23.4 Å². The predicted molar refractivity (Wildman–Crippen MR) is 68.8 cm³/mol. The molecule has 1 aromatic carbocycles. The Labute approximate surface area is 104 Å². The largest absolute Gasteiger partial charge is 0.395 e. The van der Waals surface area contributed by atoms with E-state index in [1.165, 1.54) is 23.9 Å². The third kappa shape index (κ3) is 4.75. The zero-order valence-corrected chi connectivity index (χ0v) is 10.7. The molecule has 0 saturated heterocycles. The van der Waals surface area contributed by atoms with Gasteiger partial charge in [-0.2, -0.15) is 0 Å². The van der Waals surface area contributed by atoms with Crippen LogP contribution >= 0.6 is 11.8 Å². The van der Waals surface area contributed by atoms with Crippen LogP contribution in [0, 0.1) is 12.7 Å². The van der Waals surface area contributed by atoms with Gasteiger partial charge in [0.05, 0.1) is 12.4 Å². The standard InChI is InChI=1S/C12H16FNO2S/c1-8-3-4-10(13)5-11(8)14-12(16)7-17-9(2)6-15/h3-5,9,15H,6-7H2,1-2H3,(H,14,16). The molecule has 0 aliphatic heterocycles. The van der Waals surface area contributed by atoms with E-state index < -0.39 is 0 Å². The van der Waals surface area contributed by atoms with Crippen LogP contribution in [0.1, 0.15) is 12.5 Å². The number of benzene rings is 1. The lowest BCUT2D eigenvalue weighted by molar-refractivity contribution is -0.113. The maximum atomic E-state index is 13.0. The zero-order valence-electron chi connectivity index (χ0n) is 9.87. The Bertz CT molecular complexity index is 398. The van der Waals surface area contributed by atoms with Crippen LogP contribution in [0.2, 0.25) is 0 Å². The lowest BCUT2D eigenvalue weighted by Gasteiger charge is -2.10. The van der Waals surface area contributed by atoms with E-state index in [2.05, 4.69) is 5.32 Å². The third-order valence-electron chi connectivity index (χ3n) is 2.23. The molecule has 1 unspecified atom stereocenters. The molecule has 0 bridgehead atoms. The number of rotatable bonds is 5. The quantitative estimate of drug-likeness (QED) is 0.850. The summed E-state index contributed by atoms with van der Waals surface area (Å²) in [6.07, 6.45) is 0. The molecular formula is C12H16FNO2S. The maximum absolute atomic E-state index is 13.0. The zero-order chi connectivity index (χ0) is 12.8. The fourth-order valence-electron chi connectivity index (χ4n) is 1.19. The molecule has 0 heterocycles. The van der Waals surface area contributed by atoms with Gasteiger partial charge in [0, 0.05) is 10.9 Å². The summed E-state index contributed by atoms with van der Waals surface area (Å²) in [5, 5.41) is 11.5. The summed E-state index contributed by atoms with van der Waals surface area (Å²) in [7, 11) is 0. The number of hydrogen-bond acceptors (Lipinski definition) is 3. The van der Waals surface area contributed by atoms with E-state index in [0.717, 1.165) is 5.56 Å². The molecule has 0 aliphatic rings. The number of nitrogens with one attached hydrogen (secondary N) is 1. The molecule has 0 saturated carbocycles. The van der Waals surface area contributed by atoms with Gasteiger partial charge in [-0.25, -0.2) is 4.39 Å². The first-order chi connectivity index (χ1) is 8.02. The topological polar surface area (TPSA) is 49.3 Å². The lowest BCUT2D eigenvalue weighted by atomic mass is 10.2. The third-order valence-corrected chi connectivity index (χ3v) is 3.38. The number of aliphatic hydroxyl groups excluding tert-OH is 1. The normalized spacial score (nSPS) is 12.2. The van der Waals surface area contributed by atoms with Crippen LogP contribution in [0.5, 0.6) is 0 Å². The summed E-state index contributed by atoms with van der Waals surface area (Å²) in [5.74, 6) is -0.316. The van der Waals surface area contributed by atoms with Gasteiger partial charge in [-0.1, -0.05) is 13.0 Å². The Balaban J connectivity index is 2.53. The smallest absolute Gasteiger partial charge is 0.234 e. The predicted octanol–water partition coefficient (Wildman–Crippen LogP) is 2.19. The van der Waals surface area contributed by atoms with Crippen LogP contribution in [-0.4, -0.2) is 28.6 Å². The van der Waals surface area contributed by atoms with Crippen molar-refractivity contribution in [3.05, 3.63) is 29.6 Å². The molecule has 94 valence electrons. The Hall–Kier alpha value is -1.07. The minimum Gasteiger partial charge on any atom is -0.395 e. The van der Waals surface area contributed by atoms with Crippen LogP contribution < -0.4 is 5.32 Å². The van der Waals surface area contributed by atoms with Gasteiger partial charge in [-0.3, -0.25) is 4.79 Å². The number of carbonyl (C=O) groups is 1. The average molecular weight is 257 g/mol. The van der Waals surface area contributed by atoms with E-state index in [9.17, 15) is 9.18 Å². The summed E-state index contributed by atoms with van der Waals surface area (Å²) >= 11 is 1.36. The molecule has 2 N–H and O–H groups in total. The van der Waals surface area contributed by atoms with Crippen molar-refractivity contribution in [1.29, 1.82) is 0 Å². The fraction of sp³-hybridized carbons (Fsp3) is 0.417. The van der Waals surface area contributed by atoms with Gasteiger partial charge < -0.3 is 10.4 Å². The highest BCUT2D eigenvalue weighted by Crippen LogP contribution is 2.17. The summed E-state index contributed by atoms with van der Waals surface area (Å²) in [6, 6.07) is 4.27. The minimum absolute atomic E-state index is 0.0226. The van der Waals surface area contributed by atoms with E-state index in [4.69, 9.17) is 5.11 Å². The summed E-state index contributed by atoms with van der Waals surface area (Å²) in [6.45, 7) is 3.68. The molecule has 0 fully saturated rings. The summed E-state index contributed by atoms with van der Waals surface area (Å²) in [5.41, 5.74) is 1.31. The van der Waals surface area contributed by atoms with Gasteiger partial charge in [0.2, 0.25) is 5.91 Å². The van der Waals surface area contributed by atoms with Crippen LogP contribution in [0.25, 0.3) is 0 Å². The fourth-order valence-corrected chi connectivity index (χ4v) is 1.80. The number of aliphatic hydroxyl groups is 1. The van der Waals surface area contributed by atoms with E-state index >= 15 is 0 Å². The summed E-state index contributed by atoms with van der Waals surface area (Å²) < 4.78 is 13.0. The Kier molecular flexibility index (Phi) is 5.44. The molecule has 3 nitrogen and oxygen atoms in total. The van der Waals surface area contributed by atoms with Gasteiger partial charge in [0.1, 0.15) is 5.82 Å². The van der Waals surface area contributed by atoms with Crippen LogP contribution in [0.15, 0.2) is 18.2 Å². The molecule has 1 amide bonds. The van der Waals surface area contributed by atoms with Crippen molar-refractivity contribution in [2.75, 3.05) is 17.7 Å². The monoisotopic (exact) mass is 257 g/mol. The maximum Gasteiger partial charge on any atom is 0.234 e. The van der Waals surface area contributed by atoms with Crippen molar-refractivity contribution in [3.63, 3.8) is 0 Å². The first-order valence-electron chi connectivity index (χ1n) is 5.31. The molecular weight excluding hydrogens is 241 g/mol. The van der Waals surface area contributed by atoms with Crippen molar-refractivity contribution in [2.45, 2.75) is 19.1 Å². The van der Waals surface area contributed by atoms with E-state index in [-0.39, 0.29) is 29.3 Å². The second-order valence-corrected chi connectivity index (χ2v) is 5.24. The molecule has 0 radical (unpaired) electrons. The highest BCUT2D eigenvalue weighted by molar-refractivity contribution is 8.00. The lowest BCUT2D eigenvalue weighted by Crippen LogP contribution is -2.17. The molecule has 0 spiro atoms. The molecule has 1 atom stereocenters. The molecule has 1 rings (SSSR count). The number of amides is 1. The van der Waals surface area contributed by atoms with Crippen LogP contribution in [0.4, 0.5) is 10.1 Å². The number of hydrogen-bond donors (Lipinski definition) is 2. The van der Waals surface area contributed by atoms with Crippen molar-refractivity contribution in [2.24, 2.45) is 0 Å². The average Bonchev–Trinajstić information content (AvgIpc) is 2.30. The Morgan fingerprint density at radius 1 is 1.59 bits per heavy atom. The first kappa shape index (κ1) is 14.0. The minimum atomic E-state index is -0.373.